The first-order valence-electron chi connectivity index (χ1n) is 5.28. The molecule has 18 heavy (non-hydrogen) atoms. The van der Waals surface area contributed by atoms with Crippen molar-refractivity contribution in [3.8, 4) is 0 Å². The molecule has 1 aromatic carbocycles. The van der Waals surface area contributed by atoms with Gasteiger partial charge >= 0.3 is 0 Å². The molecule has 0 amide bonds. The molecule has 0 aromatic heterocycles. The standard InChI is InChI=1S/C10H11BrF2N2O2S/c11-7-3-9(13)10(4-8(7)12)18(16,17)15-6-1-2-14-5-6/h3-4,6,14-15H,1-2,5H2. The summed E-state index contributed by atoms with van der Waals surface area (Å²) in [4.78, 5) is -0.671. The predicted octanol–water partition coefficient (Wildman–Crippen LogP) is 1.37. The van der Waals surface area contributed by atoms with Crippen LogP contribution < -0.4 is 10.0 Å². The second-order valence-electron chi connectivity index (χ2n) is 4.01. The van der Waals surface area contributed by atoms with Gasteiger partial charge in [-0.15, -0.1) is 0 Å². The minimum atomic E-state index is -4.04. The average Bonchev–Trinajstić information content (AvgIpc) is 2.75. The Labute approximate surface area is 112 Å². The minimum absolute atomic E-state index is 0.110. The van der Waals surface area contributed by atoms with Crippen LogP contribution in [-0.2, 0) is 10.0 Å². The molecule has 0 aliphatic carbocycles. The van der Waals surface area contributed by atoms with E-state index in [9.17, 15) is 17.2 Å². The Morgan fingerprint density at radius 3 is 2.67 bits per heavy atom. The Balaban J connectivity index is 2.31. The van der Waals surface area contributed by atoms with Crippen LogP contribution in [0.25, 0.3) is 0 Å². The number of hydrogen-bond donors (Lipinski definition) is 2. The maximum absolute atomic E-state index is 13.6. The van der Waals surface area contributed by atoms with E-state index >= 15 is 0 Å². The Morgan fingerprint density at radius 2 is 2.06 bits per heavy atom. The smallest absolute Gasteiger partial charge is 0.243 e. The molecule has 0 bridgehead atoms. The van der Waals surface area contributed by atoms with Gasteiger partial charge in [-0.3, -0.25) is 0 Å². The van der Waals surface area contributed by atoms with Crippen LogP contribution in [0.1, 0.15) is 6.42 Å². The van der Waals surface area contributed by atoms with Gasteiger partial charge < -0.3 is 5.32 Å². The zero-order valence-corrected chi connectivity index (χ0v) is 11.6. The molecule has 0 saturated carbocycles. The first-order chi connectivity index (χ1) is 8.40. The van der Waals surface area contributed by atoms with E-state index in [1.165, 1.54) is 0 Å². The SMILES string of the molecule is O=S(=O)(NC1CCNC1)c1cc(F)c(Br)cc1F. The lowest BCUT2D eigenvalue weighted by Crippen LogP contribution is -2.36. The summed E-state index contributed by atoms with van der Waals surface area (Å²) < 4.78 is 52.9. The lowest BCUT2D eigenvalue weighted by atomic mass is 10.3. The molecule has 2 rings (SSSR count). The van der Waals surface area contributed by atoms with Gasteiger partial charge in [0.2, 0.25) is 10.0 Å². The third-order valence-corrected chi connectivity index (χ3v) is 4.79. The van der Waals surface area contributed by atoms with Crippen LogP contribution in [0.15, 0.2) is 21.5 Å². The number of halogens is 3. The van der Waals surface area contributed by atoms with Crippen molar-refractivity contribution >= 4 is 26.0 Å². The third-order valence-electron chi connectivity index (χ3n) is 2.65. The van der Waals surface area contributed by atoms with E-state index in [0.717, 1.165) is 6.07 Å². The zero-order chi connectivity index (χ0) is 13.3. The number of rotatable bonds is 3. The van der Waals surface area contributed by atoms with Gasteiger partial charge in [0.05, 0.1) is 4.47 Å². The second kappa shape index (κ2) is 5.20. The number of hydrogen-bond acceptors (Lipinski definition) is 3. The van der Waals surface area contributed by atoms with Gasteiger partial charge in [0, 0.05) is 12.6 Å². The van der Waals surface area contributed by atoms with Gasteiger partial charge in [0.1, 0.15) is 16.5 Å². The van der Waals surface area contributed by atoms with Crippen molar-refractivity contribution in [2.45, 2.75) is 17.4 Å². The quantitative estimate of drug-likeness (QED) is 0.817. The molecular weight excluding hydrogens is 330 g/mol. The van der Waals surface area contributed by atoms with Gasteiger partial charge in [-0.05, 0) is 41.0 Å². The highest BCUT2D eigenvalue weighted by Gasteiger charge is 2.26. The van der Waals surface area contributed by atoms with Gasteiger partial charge in [-0.25, -0.2) is 21.9 Å². The monoisotopic (exact) mass is 340 g/mol. The molecule has 2 N–H and O–H groups in total. The van der Waals surface area contributed by atoms with Crippen molar-refractivity contribution in [1.82, 2.24) is 10.0 Å². The molecule has 1 aromatic rings. The van der Waals surface area contributed by atoms with Crippen molar-refractivity contribution in [1.29, 1.82) is 0 Å². The van der Waals surface area contributed by atoms with Crippen molar-refractivity contribution < 1.29 is 17.2 Å². The second-order valence-corrected chi connectivity index (χ2v) is 6.54. The molecule has 0 spiro atoms. The Kier molecular flexibility index (Phi) is 4.00. The zero-order valence-electron chi connectivity index (χ0n) is 9.21. The fourth-order valence-electron chi connectivity index (χ4n) is 1.75. The maximum atomic E-state index is 13.6. The van der Waals surface area contributed by atoms with Crippen LogP contribution in [-0.4, -0.2) is 27.5 Å². The molecule has 1 unspecified atom stereocenters. The molecule has 4 nitrogen and oxygen atoms in total. The summed E-state index contributed by atoms with van der Waals surface area (Å²) in [6.45, 7) is 1.18. The number of sulfonamides is 1. The van der Waals surface area contributed by atoms with E-state index in [0.29, 0.717) is 25.6 Å². The summed E-state index contributed by atoms with van der Waals surface area (Å²) in [5.74, 6) is -1.80. The number of nitrogens with one attached hydrogen (secondary N) is 2. The highest BCUT2D eigenvalue weighted by Crippen LogP contribution is 2.23. The van der Waals surface area contributed by atoms with Crippen molar-refractivity contribution in [3.63, 3.8) is 0 Å². The Hall–Kier alpha value is -0.570. The van der Waals surface area contributed by atoms with E-state index in [1.807, 2.05) is 0 Å². The summed E-state index contributed by atoms with van der Waals surface area (Å²) in [5, 5.41) is 2.98. The van der Waals surface area contributed by atoms with Crippen LogP contribution in [0.5, 0.6) is 0 Å². The first kappa shape index (κ1) is 13.9. The topological polar surface area (TPSA) is 58.2 Å². The van der Waals surface area contributed by atoms with Crippen molar-refractivity contribution in [2.75, 3.05) is 13.1 Å². The van der Waals surface area contributed by atoms with Crippen molar-refractivity contribution in [3.05, 3.63) is 28.2 Å². The first-order valence-corrected chi connectivity index (χ1v) is 7.55. The summed E-state index contributed by atoms with van der Waals surface area (Å²) in [6.07, 6.45) is 0.625. The molecule has 0 radical (unpaired) electrons. The predicted molar refractivity (Wildman–Crippen MR) is 65.7 cm³/mol. The minimum Gasteiger partial charge on any atom is -0.315 e. The summed E-state index contributed by atoms with van der Waals surface area (Å²) >= 11 is 2.79. The molecule has 1 fully saturated rings. The number of benzene rings is 1. The van der Waals surface area contributed by atoms with Gasteiger partial charge in [0.25, 0.3) is 0 Å². The van der Waals surface area contributed by atoms with E-state index in [-0.39, 0.29) is 10.5 Å². The highest BCUT2D eigenvalue weighted by molar-refractivity contribution is 9.10. The fourth-order valence-corrected chi connectivity index (χ4v) is 3.41. The molecular formula is C10H11BrF2N2O2S. The normalized spacial score (nSPS) is 20.3. The van der Waals surface area contributed by atoms with E-state index < -0.39 is 26.6 Å². The lowest BCUT2D eigenvalue weighted by molar-refractivity contribution is 0.533. The fraction of sp³-hybridized carbons (Fsp3) is 0.400. The summed E-state index contributed by atoms with van der Waals surface area (Å²) in [6, 6.07) is 1.18. The highest BCUT2D eigenvalue weighted by atomic mass is 79.9. The molecule has 1 heterocycles. The van der Waals surface area contributed by atoms with Crippen LogP contribution in [0.2, 0.25) is 0 Å². The Morgan fingerprint density at radius 1 is 1.33 bits per heavy atom. The molecule has 1 saturated heterocycles. The largest absolute Gasteiger partial charge is 0.315 e. The van der Waals surface area contributed by atoms with Gasteiger partial charge in [-0.1, -0.05) is 0 Å². The summed E-state index contributed by atoms with van der Waals surface area (Å²) in [5.41, 5.74) is 0. The third kappa shape index (κ3) is 2.87. The molecule has 1 aliphatic rings. The van der Waals surface area contributed by atoms with E-state index in [2.05, 4.69) is 26.0 Å². The molecule has 8 heteroatoms. The van der Waals surface area contributed by atoms with Crippen LogP contribution in [0.4, 0.5) is 8.78 Å². The summed E-state index contributed by atoms with van der Waals surface area (Å²) in [7, 11) is -4.04. The lowest BCUT2D eigenvalue weighted by Gasteiger charge is -2.12. The molecule has 1 atom stereocenters. The van der Waals surface area contributed by atoms with E-state index in [1.54, 1.807) is 0 Å². The van der Waals surface area contributed by atoms with Crippen LogP contribution >= 0.6 is 15.9 Å². The van der Waals surface area contributed by atoms with Gasteiger partial charge in [-0.2, -0.15) is 0 Å². The maximum Gasteiger partial charge on any atom is 0.243 e. The average molecular weight is 341 g/mol. The van der Waals surface area contributed by atoms with Crippen LogP contribution in [0.3, 0.4) is 0 Å². The molecule has 1 aliphatic heterocycles. The Bertz CT molecular complexity index is 559. The van der Waals surface area contributed by atoms with E-state index in [4.69, 9.17) is 0 Å². The van der Waals surface area contributed by atoms with Gasteiger partial charge in [0.15, 0.2) is 0 Å². The molecule has 100 valence electrons. The van der Waals surface area contributed by atoms with Crippen LogP contribution in [0, 0.1) is 11.6 Å². The van der Waals surface area contributed by atoms with Crippen molar-refractivity contribution in [2.24, 2.45) is 0 Å².